The molecule has 2 aromatic carbocycles. The summed E-state index contributed by atoms with van der Waals surface area (Å²) in [4.78, 5) is 29.2. The second kappa shape index (κ2) is 6.69. The van der Waals surface area contributed by atoms with Crippen LogP contribution in [0, 0.1) is 0 Å². The standard InChI is InChI=1S/C23H24N2O2/c1-3-23(2)15-17-11-7-8-12-18(17)20-19(23)21(26)25(22(27)24-20)14-13-16-9-5-4-6-10-16/h4-12H,3,13-15H2,1-2H3,(H,24,27)/t23-/m1/s1. The third kappa shape index (κ3) is 2.95. The molecule has 1 N–H and O–H groups in total. The lowest BCUT2D eigenvalue weighted by Gasteiger charge is -2.35. The van der Waals surface area contributed by atoms with E-state index >= 15 is 0 Å². The van der Waals surface area contributed by atoms with Crippen molar-refractivity contribution in [2.45, 2.75) is 45.1 Å². The van der Waals surface area contributed by atoms with Crippen LogP contribution in [-0.4, -0.2) is 9.55 Å². The van der Waals surface area contributed by atoms with E-state index in [0.717, 1.165) is 29.5 Å². The van der Waals surface area contributed by atoms with Gasteiger partial charge < -0.3 is 4.98 Å². The molecule has 0 bridgehead atoms. The van der Waals surface area contributed by atoms with Crippen molar-refractivity contribution in [3.05, 3.63) is 92.1 Å². The van der Waals surface area contributed by atoms with Gasteiger partial charge >= 0.3 is 5.69 Å². The minimum atomic E-state index is -0.329. The molecule has 4 heteroatoms. The van der Waals surface area contributed by atoms with Crippen molar-refractivity contribution in [1.29, 1.82) is 0 Å². The summed E-state index contributed by atoms with van der Waals surface area (Å²) in [5, 5.41) is 0. The van der Waals surface area contributed by atoms with E-state index in [0.29, 0.717) is 18.7 Å². The molecule has 0 amide bonds. The zero-order valence-corrected chi connectivity index (χ0v) is 15.8. The highest BCUT2D eigenvalue weighted by Crippen LogP contribution is 2.41. The van der Waals surface area contributed by atoms with Gasteiger partial charge in [-0.25, -0.2) is 4.79 Å². The maximum atomic E-state index is 13.4. The molecule has 0 aliphatic heterocycles. The first-order chi connectivity index (χ1) is 13.0. The summed E-state index contributed by atoms with van der Waals surface area (Å²) in [6.07, 6.45) is 2.31. The van der Waals surface area contributed by atoms with Gasteiger partial charge in [0.25, 0.3) is 5.56 Å². The second-order valence-electron chi connectivity index (χ2n) is 7.62. The largest absolute Gasteiger partial charge is 0.328 e. The molecule has 1 aromatic heterocycles. The van der Waals surface area contributed by atoms with Crippen LogP contribution in [-0.2, 0) is 24.8 Å². The Balaban J connectivity index is 1.85. The lowest BCUT2D eigenvalue weighted by molar-refractivity contribution is 0.431. The van der Waals surface area contributed by atoms with Gasteiger partial charge in [-0.1, -0.05) is 68.4 Å². The van der Waals surface area contributed by atoms with Gasteiger partial charge in [0, 0.05) is 23.1 Å². The number of hydrogen-bond donors (Lipinski definition) is 1. The number of aromatic amines is 1. The molecule has 0 unspecified atom stereocenters. The van der Waals surface area contributed by atoms with Crippen molar-refractivity contribution in [3.63, 3.8) is 0 Å². The van der Waals surface area contributed by atoms with Gasteiger partial charge in [0.15, 0.2) is 0 Å². The van der Waals surface area contributed by atoms with E-state index in [-0.39, 0.29) is 16.7 Å². The summed E-state index contributed by atoms with van der Waals surface area (Å²) in [6.45, 7) is 4.62. The first-order valence-electron chi connectivity index (χ1n) is 9.53. The van der Waals surface area contributed by atoms with Gasteiger partial charge in [-0.05, 0) is 30.4 Å². The summed E-state index contributed by atoms with van der Waals surface area (Å²) < 4.78 is 1.37. The van der Waals surface area contributed by atoms with E-state index in [1.54, 1.807) is 0 Å². The maximum absolute atomic E-state index is 13.4. The van der Waals surface area contributed by atoms with Gasteiger partial charge in [-0.2, -0.15) is 0 Å². The summed E-state index contributed by atoms with van der Waals surface area (Å²) in [6, 6.07) is 18.0. The van der Waals surface area contributed by atoms with Gasteiger partial charge in [-0.3, -0.25) is 9.36 Å². The third-order valence-electron chi connectivity index (χ3n) is 5.90. The molecule has 4 nitrogen and oxygen atoms in total. The van der Waals surface area contributed by atoms with Crippen LogP contribution in [0.4, 0.5) is 0 Å². The van der Waals surface area contributed by atoms with Crippen molar-refractivity contribution in [2.75, 3.05) is 0 Å². The minimum Gasteiger partial charge on any atom is -0.306 e. The predicted molar refractivity (Wildman–Crippen MR) is 108 cm³/mol. The van der Waals surface area contributed by atoms with E-state index in [2.05, 4.69) is 24.9 Å². The average Bonchev–Trinajstić information content (AvgIpc) is 2.68. The molecule has 1 atom stereocenters. The fourth-order valence-corrected chi connectivity index (χ4v) is 4.15. The minimum absolute atomic E-state index is 0.150. The number of nitrogens with one attached hydrogen (secondary N) is 1. The fraction of sp³-hybridized carbons (Fsp3) is 0.304. The summed E-state index contributed by atoms with van der Waals surface area (Å²) >= 11 is 0. The summed E-state index contributed by atoms with van der Waals surface area (Å²) in [5.41, 5.74) is 3.97. The van der Waals surface area contributed by atoms with Crippen molar-refractivity contribution in [3.8, 4) is 11.3 Å². The summed E-state index contributed by atoms with van der Waals surface area (Å²) in [5.74, 6) is 0. The molecular formula is C23H24N2O2. The topological polar surface area (TPSA) is 54.9 Å². The molecule has 4 rings (SSSR count). The van der Waals surface area contributed by atoms with Crippen molar-refractivity contribution in [1.82, 2.24) is 9.55 Å². The number of aryl methyl sites for hydroxylation is 1. The first-order valence-corrected chi connectivity index (χ1v) is 9.53. The first kappa shape index (κ1) is 17.5. The number of aromatic nitrogens is 2. The van der Waals surface area contributed by atoms with Crippen LogP contribution >= 0.6 is 0 Å². The van der Waals surface area contributed by atoms with Gasteiger partial charge in [0.1, 0.15) is 0 Å². The van der Waals surface area contributed by atoms with Gasteiger partial charge in [-0.15, -0.1) is 0 Å². The van der Waals surface area contributed by atoms with Crippen LogP contribution in [0.15, 0.2) is 64.2 Å². The van der Waals surface area contributed by atoms with Crippen LogP contribution in [0.25, 0.3) is 11.3 Å². The molecular weight excluding hydrogens is 336 g/mol. The van der Waals surface area contributed by atoms with Crippen LogP contribution in [0.2, 0.25) is 0 Å². The third-order valence-corrected chi connectivity index (χ3v) is 5.90. The summed E-state index contributed by atoms with van der Waals surface area (Å²) in [7, 11) is 0. The Kier molecular flexibility index (Phi) is 4.34. The Hall–Kier alpha value is -2.88. The Bertz CT molecular complexity index is 1100. The van der Waals surface area contributed by atoms with Crippen LogP contribution in [0.3, 0.4) is 0 Å². The SMILES string of the molecule is CC[C@]1(C)Cc2ccccc2-c2[nH]c(=O)n(CCc3ccccc3)c(=O)c21. The smallest absolute Gasteiger partial charge is 0.306 e. The quantitative estimate of drug-likeness (QED) is 0.772. The van der Waals surface area contributed by atoms with E-state index in [9.17, 15) is 9.59 Å². The monoisotopic (exact) mass is 360 g/mol. The number of H-pyrrole nitrogens is 1. The Morgan fingerprint density at radius 3 is 2.48 bits per heavy atom. The van der Waals surface area contributed by atoms with Crippen molar-refractivity contribution >= 4 is 0 Å². The highest BCUT2D eigenvalue weighted by atomic mass is 16.2. The highest BCUT2D eigenvalue weighted by molar-refractivity contribution is 5.71. The van der Waals surface area contributed by atoms with Crippen LogP contribution in [0.5, 0.6) is 0 Å². The highest BCUT2D eigenvalue weighted by Gasteiger charge is 2.37. The zero-order valence-electron chi connectivity index (χ0n) is 15.8. The molecule has 1 heterocycles. The Morgan fingerprint density at radius 2 is 1.74 bits per heavy atom. The Labute approximate surface area is 158 Å². The van der Waals surface area contributed by atoms with Gasteiger partial charge in [0.2, 0.25) is 0 Å². The van der Waals surface area contributed by atoms with E-state index < -0.39 is 0 Å². The number of hydrogen-bond acceptors (Lipinski definition) is 2. The molecule has 1 aliphatic rings. The molecule has 0 saturated heterocycles. The van der Waals surface area contributed by atoms with E-state index in [1.165, 1.54) is 10.1 Å². The second-order valence-corrected chi connectivity index (χ2v) is 7.62. The molecule has 1 aliphatic carbocycles. The van der Waals surface area contributed by atoms with Crippen LogP contribution in [0.1, 0.15) is 37.0 Å². The lowest BCUT2D eigenvalue weighted by atomic mass is 9.69. The molecule has 138 valence electrons. The van der Waals surface area contributed by atoms with E-state index in [4.69, 9.17) is 0 Å². The molecule has 0 radical (unpaired) electrons. The number of benzene rings is 2. The lowest BCUT2D eigenvalue weighted by Crippen LogP contribution is -2.45. The molecule has 0 spiro atoms. The van der Waals surface area contributed by atoms with Crippen molar-refractivity contribution < 1.29 is 0 Å². The average molecular weight is 360 g/mol. The molecule has 0 saturated carbocycles. The van der Waals surface area contributed by atoms with Crippen LogP contribution < -0.4 is 11.2 Å². The van der Waals surface area contributed by atoms with Gasteiger partial charge in [0.05, 0.1) is 5.69 Å². The maximum Gasteiger partial charge on any atom is 0.328 e. The Morgan fingerprint density at radius 1 is 1.04 bits per heavy atom. The molecule has 27 heavy (non-hydrogen) atoms. The zero-order chi connectivity index (χ0) is 19.0. The fourth-order valence-electron chi connectivity index (χ4n) is 4.15. The predicted octanol–water partition coefficient (Wildman–Crippen LogP) is 3.67. The number of nitrogens with zero attached hydrogens (tertiary/aromatic N) is 1. The van der Waals surface area contributed by atoms with Crippen molar-refractivity contribution in [2.24, 2.45) is 0 Å². The number of fused-ring (bicyclic) bond motifs is 3. The normalized spacial score (nSPS) is 18.0. The number of rotatable bonds is 4. The van der Waals surface area contributed by atoms with E-state index in [1.807, 2.05) is 48.5 Å². The molecule has 3 aromatic rings. The molecule has 0 fully saturated rings.